The Morgan fingerprint density at radius 2 is 1.76 bits per heavy atom. The van der Waals surface area contributed by atoms with E-state index in [0.29, 0.717) is 10.8 Å². The molecule has 0 aliphatic heterocycles. The minimum absolute atomic E-state index is 0.297. The lowest BCUT2D eigenvalue weighted by atomic mass is 9.94. The van der Waals surface area contributed by atoms with Crippen molar-refractivity contribution >= 4 is 10.0 Å². The zero-order chi connectivity index (χ0) is 15.7. The second-order valence-electron chi connectivity index (χ2n) is 4.97. The lowest BCUT2D eigenvalue weighted by Gasteiger charge is -2.13. The Morgan fingerprint density at radius 1 is 1.14 bits per heavy atom. The van der Waals surface area contributed by atoms with Crippen LogP contribution in [0, 0.1) is 0 Å². The van der Waals surface area contributed by atoms with Gasteiger partial charge >= 0.3 is 0 Å². The highest BCUT2D eigenvalue weighted by Crippen LogP contribution is 2.23. The topological polar surface area (TPSA) is 46.2 Å². The van der Waals surface area contributed by atoms with Gasteiger partial charge in [0.05, 0.1) is 4.90 Å². The first-order valence-corrected chi connectivity index (χ1v) is 8.91. The number of benzene rings is 1. The third-order valence-corrected chi connectivity index (χ3v) is 4.87. The normalized spacial score (nSPS) is 12.0. The van der Waals surface area contributed by atoms with Crippen molar-refractivity contribution in [2.75, 3.05) is 0 Å². The Morgan fingerprint density at radius 3 is 2.29 bits per heavy atom. The molecular formula is C17H25NO2S. The van der Waals surface area contributed by atoms with Crippen LogP contribution in [0.1, 0.15) is 51.0 Å². The summed E-state index contributed by atoms with van der Waals surface area (Å²) < 4.78 is 26.7. The maximum absolute atomic E-state index is 12.1. The molecule has 1 aromatic rings. The van der Waals surface area contributed by atoms with E-state index in [4.69, 9.17) is 0 Å². The maximum Gasteiger partial charge on any atom is 0.261 e. The molecule has 0 heterocycles. The highest BCUT2D eigenvalue weighted by Gasteiger charge is 2.13. The van der Waals surface area contributed by atoms with Crippen molar-refractivity contribution in [1.29, 1.82) is 0 Å². The van der Waals surface area contributed by atoms with Gasteiger partial charge in [0.15, 0.2) is 0 Å². The molecule has 0 aliphatic rings. The highest BCUT2D eigenvalue weighted by molar-refractivity contribution is 7.89. The first kappa shape index (κ1) is 17.5. The van der Waals surface area contributed by atoms with Crippen molar-refractivity contribution < 1.29 is 8.42 Å². The van der Waals surface area contributed by atoms with Gasteiger partial charge in [-0.1, -0.05) is 38.1 Å². The third-order valence-electron chi connectivity index (χ3n) is 3.53. The molecule has 0 saturated heterocycles. The van der Waals surface area contributed by atoms with Gasteiger partial charge in [-0.2, -0.15) is 0 Å². The number of rotatable bonds is 9. The predicted molar refractivity (Wildman–Crippen MR) is 88.7 cm³/mol. The Bertz CT molecular complexity index is 555. The standard InChI is InChI=1S/C17H25NO2S/c1-4-7-8-9-14-18-21(19,20)17-12-10-16(11-13-17)15(5-2)6-3/h4,9-15,18H,1,5-8H2,2-3H3/b14-9-. The summed E-state index contributed by atoms with van der Waals surface area (Å²) in [5, 5.41) is 0. The number of nitrogens with one attached hydrogen (secondary N) is 1. The van der Waals surface area contributed by atoms with E-state index in [1.54, 1.807) is 24.3 Å². The molecule has 0 amide bonds. The molecule has 21 heavy (non-hydrogen) atoms. The van der Waals surface area contributed by atoms with Gasteiger partial charge in [0.1, 0.15) is 0 Å². The van der Waals surface area contributed by atoms with E-state index in [-0.39, 0.29) is 0 Å². The van der Waals surface area contributed by atoms with Gasteiger partial charge in [0.25, 0.3) is 10.0 Å². The first-order valence-electron chi connectivity index (χ1n) is 7.43. The van der Waals surface area contributed by atoms with E-state index in [0.717, 1.165) is 25.7 Å². The quantitative estimate of drug-likeness (QED) is 0.544. The molecule has 0 spiro atoms. The van der Waals surface area contributed by atoms with Crippen LogP contribution in [0.2, 0.25) is 0 Å². The van der Waals surface area contributed by atoms with Gasteiger partial charge in [-0.05, 0) is 49.3 Å². The zero-order valence-corrected chi connectivity index (χ0v) is 13.7. The van der Waals surface area contributed by atoms with Gasteiger partial charge < -0.3 is 0 Å². The molecule has 1 aromatic carbocycles. The molecule has 4 heteroatoms. The second kappa shape index (κ2) is 8.67. The molecule has 3 nitrogen and oxygen atoms in total. The molecule has 0 unspecified atom stereocenters. The van der Waals surface area contributed by atoms with Gasteiger partial charge in [-0.25, -0.2) is 8.42 Å². The third kappa shape index (κ3) is 5.38. The molecule has 1 rings (SSSR count). The maximum atomic E-state index is 12.1. The molecule has 0 aliphatic carbocycles. The van der Waals surface area contributed by atoms with Crippen molar-refractivity contribution in [2.24, 2.45) is 0 Å². The Labute approximate surface area is 128 Å². The summed E-state index contributed by atoms with van der Waals surface area (Å²) in [7, 11) is -3.47. The molecule has 0 atom stereocenters. The lowest BCUT2D eigenvalue weighted by molar-refractivity contribution is 0.590. The Kier molecular flexibility index (Phi) is 7.23. The van der Waals surface area contributed by atoms with Crippen LogP contribution < -0.4 is 4.72 Å². The second-order valence-corrected chi connectivity index (χ2v) is 6.69. The van der Waals surface area contributed by atoms with Crippen LogP contribution in [0.25, 0.3) is 0 Å². The van der Waals surface area contributed by atoms with E-state index in [1.807, 2.05) is 12.1 Å². The van der Waals surface area contributed by atoms with E-state index in [9.17, 15) is 8.42 Å². The smallest absolute Gasteiger partial charge is 0.261 e. The molecular weight excluding hydrogens is 282 g/mol. The summed E-state index contributed by atoms with van der Waals surface area (Å²) in [5.74, 6) is 0.494. The Balaban J connectivity index is 2.75. The van der Waals surface area contributed by atoms with Gasteiger partial charge in [0, 0.05) is 6.20 Å². The number of unbranched alkanes of at least 4 members (excludes halogenated alkanes) is 1. The fourth-order valence-corrected chi connectivity index (χ4v) is 3.09. The van der Waals surface area contributed by atoms with Crippen molar-refractivity contribution in [3.63, 3.8) is 0 Å². The number of allylic oxidation sites excluding steroid dienone is 2. The summed E-state index contributed by atoms with van der Waals surface area (Å²) in [6.07, 6.45) is 8.81. The van der Waals surface area contributed by atoms with Gasteiger partial charge in [-0.15, -0.1) is 6.58 Å². The van der Waals surface area contributed by atoms with E-state index < -0.39 is 10.0 Å². The van der Waals surface area contributed by atoms with Gasteiger partial charge in [0.2, 0.25) is 0 Å². The monoisotopic (exact) mass is 307 g/mol. The van der Waals surface area contributed by atoms with Crippen LogP contribution >= 0.6 is 0 Å². The summed E-state index contributed by atoms with van der Waals surface area (Å²) in [6.45, 7) is 7.91. The van der Waals surface area contributed by atoms with Crippen LogP contribution in [0.15, 0.2) is 54.1 Å². The van der Waals surface area contributed by atoms with E-state index >= 15 is 0 Å². The van der Waals surface area contributed by atoms with Crippen molar-refractivity contribution in [1.82, 2.24) is 4.72 Å². The van der Waals surface area contributed by atoms with Crippen LogP contribution in [0.4, 0.5) is 0 Å². The van der Waals surface area contributed by atoms with Crippen molar-refractivity contribution in [3.8, 4) is 0 Å². The van der Waals surface area contributed by atoms with Crippen LogP contribution in [-0.4, -0.2) is 8.42 Å². The molecule has 0 fully saturated rings. The average Bonchev–Trinajstić information content (AvgIpc) is 2.49. The van der Waals surface area contributed by atoms with Gasteiger partial charge in [-0.3, -0.25) is 4.72 Å². The van der Waals surface area contributed by atoms with E-state index in [2.05, 4.69) is 25.1 Å². The summed E-state index contributed by atoms with van der Waals surface area (Å²) in [4.78, 5) is 0.297. The summed E-state index contributed by atoms with van der Waals surface area (Å²) >= 11 is 0. The van der Waals surface area contributed by atoms with E-state index in [1.165, 1.54) is 11.8 Å². The number of sulfonamides is 1. The summed E-state index contributed by atoms with van der Waals surface area (Å²) in [6, 6.07) is 7.17. The Hall–Kier alpha value is -1.55. The SMILES string of the molecule is C=CCC/C=C\NS(=O)(=O)c1ccc(C(CC)CC)cc1. The molecule has 116 valence electrons. The van der Waals surface area contributed by atoms with Crippen molar-refractivity contribution in [3.05, 3.63) is 54.8 Å². The molecule has 0 aromatic heterocycles. The fourth-order valence-electron chi connectivity index (χ4n) is 2.18. The van der Waals surface area contributed by atoms with Crippen LogP contribution in [0.5, 0.6) is 0 Å². The van der Waals surface area contributed by atoms with Crippen LogP contribution in [-0.2, 0) is 10.0 Å². The summed E-state index contributed by atoms with van der Waals surface area (Å²) in [5.41, 5.74) is 1.19. The largest absolute Gasteiger partial charge is 0.287 e. The lowest BCUT2D eigenvalue weighted by Crippen LogP contribution is -2.17. The highest BCUT2D eigenvalue weighted by atomic mass is 32.2. The first-order chi connectivity index (χ1) is 10.0. The molecule has 0 bridgehead atoms. The molecule has 0 radical (unpaired) electrons. The number of hydrogen-bond donors (Lipinski definition) is 1. The minimum Gasteiger partial charge on any atom is -0.287 e. The fraction of sp³-hybridized carbons (Fsp3) is 0.412. The zero-order valence-electron chi connectivity index (χ0n) is 12.9. The molecule has 0 saturated carbocycles. The van der Waals surface area contributed by atoms with Crippen molar-refractivity contribution in [2.45, 2.75) is 50.3 Å². The number of hydrogen-bond acceptors (Lipinski definition) is 2. The van der Waals surface area contributed by atoms with Crippen LogP contribution in [0.3, 0.4) is 0 Å². The molecule has 1 N–H and O–H groups in total. The minimum atomic E-state index is -3.47. The average molecular weight is 307 g/mol. The predicted octanol–water partition coefficient (Wildman–Crippen LogP) is 4.35.